The Labute approximate surface area is 144 Å². The van der Waals surface area contributed by atoms with Gasteiger partial charge in [0.15, 0.2) is 0 Å². The van der Waals surface area contributed by atoms with Crippen LogP contribution < -0.4 is 20.1 Å². The highest BCUT2D eigenvalue weighted by atomic mass is 35.5. The maximum atomic E-state index is 11.9. The predicted molar refractivity (Wildman–Crippen MR) is 93.6 cm³/mol. The quantitative estimate of drug-likeness (QED) is 0.761. The number of benzene rings is 1. The highest BCUT2D eigenvalue weighted by molar-refractivity contribution is 5.85. The lowest BCUT2D eigenvalue weighted by molar-refractivity contribution is -0.121. The molecule has 0 spiro atoms. The van der Waals surface area contributed by atoms with Gasteiger partial charge in [0, 0.05) is 12.5 Å². The SMILES string of the molecule is COc1cccc(OC(C)CNC(=O)CCC2CCNC2)c1.Cl. The smallest absolute Gasteiger partial charge is 0.220 e. The summed E-state index contributed by atoms with van der Waals surface area (Å²) in [6.07, 6.45) is 2.66. The first-order chi connectivity index (χ1) is 10.7. The summed E-state index contributed by atoms with van der Waals surface area (Å²) in [7, 11) is 1.63. The number of amides is 1. The number of carbonyl (C=O) groups excluding carboxylic acids is 1. The molecule has 2 rings (SSSR count). The topological polar surface area (TPSA) is 59.6 Å². The van der Waals surface area contributed by atoms with Crippen LogP contribution >= 0.6 is 12.4 Å². The molecule has 0 radical (unpaired) electrons. The van der Waals surface area contributed by atoms with E-state index in [9.17, 15) is 4.79 Å². The van der Waals surface area contributed by atoms with E-state index in [2.05, 4.69) is 10.6 Å². The molecule has 1 aromatic rings. The molecule has 1 amide bonds. The number of ether oxygens (including phenoxy) is 2. The first-order valence-electron chi connectivity index (χ1n) is 7.95. The lowest BCUT2D eigenvalue weighted by Gasteiger charge is -2.16. The largest absolute Gasteiger partial charge is 0.497 e. The molecule has 1 heterocycles. The van der Waals surface area contributed by atoms with Crippen LogP contribution in [0.15, 0.2) is 24.3 Å². The Bertz CT molecular complexity index is 479. The fourth-order valence-electron chi connectivity index (χ4n) is 2.59. The van der Waals surface area contributed by atoms with Crippen LogP contribution in [0.3, 0.4) is 0 Å². The van der Waals surface area contributed by atoms with E-state index in [4.69, 9.17) is 9.47 Å². The average molecular weight is 343 g/mol. The van der Waals surface area contributed by atoms with Crippen molar-refractivity contribution in [2.75, 3.05) is 26.7 Å². The van der Waals surface area contributed by atoms with Gasteiger partial charge in [-0.3, -0.25) is 4.79 Å². The summed E-state index contributed by atoms with van der Waals surface area (Å²) in [5.41, 5.74) is 0. The third-order valence-electron chi connectivity index (χ3n) is 3.91. The summed E-state index contributed by atoms with van der Waals surface area (Å²) in [5, 5.41) is 6.26. The maximum absolute atomic E-state index is 11.9. The molecule has 1 aromatic carbocycles. The monoisotopic (exact) mass is 342 g/mol. The summed E-state index contributed by atoms with van der Waals surface area (Å²) >= 11 is 0. The van der Waals surface area contributed by atoms with E-state index in [0.717, 1.165) is 31.0 Å². The molecule has 1 saturated heterocycles. The van der Waals surface area contributed by atoms with Crippen LogP contribution in [0.5, 0.6) is 11.5 Å². The molecule has 5 nitrogen and oxygen atoms in total. The highest BCUT2D eigenvalue weighted by Crippen LogP contribution is 2.19. The molecule has 2 unspecified atom stereocenters. The van der Waals surface area contributed by atoms with Gasteiger partial charge in [-0.15, -0.1) is 12.4 Å². The van der Waals surface area contributed by atoms with Crippen molar-refractivity contribution in [2.45, 2.75) is 32.3 Å². The lowest BCUT2D eigenvalue weighted by Crippen LogP contribution is -2.33. The van der Waals surface area contributed by atoms with Gasteiger partial charge in [-0.2, -0.15) is 0 Å². The third kappa shape index (κ3) is 7.10. The number of halogens is 1. The van der Waals surface area contributed by atoms with Crippen LogP contribution in [0.1, 0.15) is 26.2 Å². The van der Waals surface area contributed by atoms with Crippen LogP contribution in [-0.4, -0.2) is 38.8 Å². The molecular weight excluding hydrogens is 316 g/mol. The lowest BCUT2D eigenvalue weighted by atomic mass is 10.0. The van der Waals surface area contributed by atoms with Gasteiger partial charge in [0.25, 0.3) is 0 Å². The van der Waals surface area contributed by atoms with Crippen molar-refractivity contribution in [2.24, 2.45) is 5.92 Å². The number of methoxy groups -OCH3 is 1. The highest BCUT2D eigenvalue weighted by Gasteiger charge is 2.16. The minimum absolute atomic E-state index is 0. The van der Waals surface area contributed by atoms with E-state index in [-0.39, 0.29) is 24.4 Å². The van der Waals surface area contributed by atoms with Gasteiger partial charge in [0.05, 0.1) is 13.7 Å². The van der Waals surface area contributed by atoms with Gasteiger partial charge >= 0.3 is 0 Å². The molecule has 6 heteroatoms. The van der Waals surface area contributed by atoms with Crippen LogP contribution in [-0.2, 0) is 4.79 Å². The van der Waals surface area contributed by atoms with E-state index in [1.807, 2.05) is 31.2 Å². The second-order valence-corrected chi connectivity index (χ2v) is 5.81. The van der Waals surface area contributed by atoms with E-state index < -0.39 is 0 Å². The standard InChI is InChI=1S/C17H26N2O3.ClH/c1-13(22-16-5-3-4-15(10-16)21-2)11-19-17(20)7-6-14-8-9-18-12-14;/h3-5,10,13-14,18H,6-9,11-12H2,1-2H3,(H,19,20);1H. The zero-order valence-electron chi connectivity index (χ0n) is 13.8. The number of hydrogen-bond acceptors (Lipinski definition) is 4. The molecule has 1 aliphatic heterocycles. The molecule has 23 heavy (non-hydrogen) atoms. The van der Waals surface area contributed by atoms with Crippen molar-refractivity contribution in [1.29, 1.82) is 0 Å². The molecule has 0 bridgehead atoms. The van der Waals surface area contributed by atoms with Gasteiger partial charge in [-0.1, -0.05) is 6.07 Å². The van der Waals surface area contributed by atoms with Gasteiger partial charge in [0.2, 0.25) is 5.91 Å². The summed E-state index contributed by atoms with van der Waals surface area (Å²) in [6, 6.07) is 7.48. The van der Waals surface area contributed by atoms with Crippen LogP contribution in [0.2, 0.25) is 0 Å². The average Bonchev–Trinajstić information content (AvgIpc) is 3.04. The van der Waals surface area contributed by atoms with E-state index >= 15 is 0 Å². The number of rotatable bonds is 8. The van der Waals surface area contributed by atoms with Gasteiger partial charge in [-0.25, -0.2) is 0 Å². The van der Waals surface area contributed by atoms with Crippen molar-refractivity contribution in [1.82, 2.24) is 10.6 Å². The van der Waals surface area contributed by atoms with Crippen molar-refractivity contribution >= 4 is 18.3 Å². The number of carbonyl (C=O) groups is 1. The summed E-state index contributed by atoms with van der Waals surface area (Å²) in [5.74, 6) is 2.27. The predicted octanol–water partition coefficient (Wildman–Crippen LogP) is 2.39. The fourth-order valence-corrected chi connectivity index (χ4v) is 2.59. The summed E-state index contributed by atoms with van der Waals surface area (Å²) in [6.45, 7) is 4.58. The van der Waals surface area contributed by atoms with E-state index in [1.54, 1.807) is 7.11 Å². The van der Waals surface area contributed by atoms with Gasteiger partial charge in [-0.05, 0) is 50.9 Å². The molecular formula is C17H27ClN2O3. The Kier molecular flexibility index (Phi) is 8.81. The molecule has 0 aromatic heterocycles. The van der Waals surface area contributed by atoms with Crippen molar-refractivity contribution in [3.05, 3.63) is 24.3 Å². The molecule has 1 aliphatic rings. The first-order valence-corrected chi connectivity index (χ1v) is 7.95. The van der Waals surface area contributed by atoms with E-state index in [1.165, 1.54) is 6.42 Å². The minimum atomic E-state index is -0.0794. The third-order valence-corrected chi connectivity index (χ3v) is 3.91. The van der Waals surface area contributed by atoms with Gasteiger partial charge in [0.1, 0.15) is 17.6 Å². The minimum Gasteiger partial charge on any atom is -0.497 e. The first kappa shape index (κ1) is 19.6. The molecule has 0 saturated carbocycles. The van der Waals surface area contributed by atoms with Crippen molar-refractivity contribution in [3.63, 3.8) is 0 Å². The molecule has 130 valence electrons. The Hall–Kier alpha value is -1.46. The van der Waals surface area contributed by atoms with Crippen LogP contribution in [0.4, 0.5) is 0 Å². The van der Waals surface area contributed by atoms with Crippen LogP contribution in [0.25, 0.3) is 0 Å². The number of nitrogens with one attached hydrogen (secondary N) is 2. The molecule has 1 fully saturated rings. The molecule has 0 aliphatic carbocycles. The Morgan fingerprint density at radius 2 is 2.22 bits per heavy atom. The van der Waals surface area contributed by atoms with Gasteiger partial charge < -0.3 is 20.1 Å². The molecule has 2 N–H and O–H groups in total. The van der Waals surface area contributed by atoms with Crippen molar-refractivity contribution < 1.29 is 14.3 Å². The Morgan fingerprint density at radius 3 is 2.91 bits per heavy atom. The summed E-state index contributed by atoms with van der Waals surface area (Å²) < 4.78 is 10.9. The number of hydrogen-bond donors (Lipinski definition) is 2. The second-order valence-electron chi connectivity index (χ2n) is 5.81. The summed E-state index contributed by atoms with van der Waals surface area (Å²) in [4.78, 5) is 11.9. The Balaban J connectivity index is 0.00000264. The molecule has 2 atom stereocenters. The van der Waals surface area contributed by atoms with Crippen LogP contribution in [0, 0.1) is 5.92 Å². The Morgan fingerprint density at radius 1 is 1.43 bits per heavy atom. The maximum Gasteiger partial charge on any atom is 0.220 e. The van der Waals surface area contributed by atoms with E-state index in [0.29, 0.717) is 18.9 Å². The normalized spacial score (nSPS) is 17.9. The zero-order chi connectivity index (χ0) is 15.8. The zero-order valence-corrected chi connectivity index (χ0v) is 14.7. The fraction of sp³-hybridized carbons (Fsp3) is 0.588. The second kappa shape index (κ2) is 10.3. The van der Waals surface area contributed by atoms with Crippen molar-refractivity contribution in [3.8, 4) is 11.5 Å².